The fraction of sp³-hybridized carbons (Fsp3) is 0.625. The maximum atomic E-state index is 10.3. The summed E-state index contributed by atoms with van der Waals surface area (Å²) < 4.78 is 11.6. The largest absolute Gasteiger partial charge is 0.391 e. The quantitative estimate of drug-likeness (QED) is 0.914. The third-order valence-electron chi connectivity index (χ3n) is 4.44. The Hall–Kier alpha value is -0.940. The van der Waals surface area contributed by atoms with Crippen LogP contribution in [-0.2, 0) is 16.0 Å². The highest BCUT2D eigenvalue weighted by atomic mass is 16.7. The van der Waals surface area contributed by atoms with Crippen molar-refractivity contribution in [3.05, 3.63) is 35.9 Å². The van der Waals surface area contributed by atoms with Crippen molar-refractivity contribution in [1.82, 2.24) is 4.90 Å². The molecule has 1 saturated heterocycles. The number of rotatable bonds is 3. The summed E-state index contributed by atoms with van der Waals surface area (Å²) in [5.41, 5.74) is 1.26. The second-order valence-electron chi connectivity index (χ2n) is 5.89. The molecule has 0 aromatic heterocycles. The lowest BCUT2D eigenvalue weighted by atomic mass is 9.86. The molecule has 1 aliphatic carbocycles. The van der Waals surface area contributed by atoms with Gasteiger partial charge in [0.05, 0.1) is 19.3 Å². The van der Waals surface area contributed by atoms with Crippen LogP contribution in [0.2, 0.25) is 0 Å². The SMILES string of the molecule is CN(Cc1ccccc1)[C@H]1CC2(CC[C@@H]1O)OCCO2. The first-order valence-corrected chi connectivity index (χ1v) is 7.39. The average Bonchev–Trinajstić information content (AvgIpc) is 2.91. The zero-order chi connectivity index (χ0) is 14.0. The minimum Gasteiger partial charge on any atom is -0.391 e. The highest BCUT2D eigenvalue weighted by molar-refractivity contribution is 5.14. The lowest BCUT2D eigenvalue weighted by molar-refractivity contribution is -0.204. The number of aliphatic hydroxyl groups is 1. The lowest BCUT2D eigenvalue weighted by Gasteiger charge is -2.42. The van der Waals surface area contributed by atoms with E-state index in [-0.39, 0.29) is 12.1 Å². The van der Waals surface area contributed by atoms with E-state index in [4.69, 9.17) is 9.47 Å². The second kappa shape index (κ2) is 5.82. The summed E-state index contributed by atoms with van der Waals surface area (Å²) in [6.45, 7) is 2.18. The highest BCUT2D eigenvalue weighted by Gasteiger charge is 2.45. The fourth-order valence-corrected chi connectivity index (χ4v) is 3.31. The summed E-state index contributed by atoms with van der Waals surface area (Å²) >= 11 is 0. The van der Waals surface area contributed by atoms with E-state index in [0.29, 0.717) is 13.2 Å². The minimum atomic E-state index is -0.450. The molecule has 2 fully saturated rings. The van der Waals surface area contributed by atoms with E-state index in [0.717, 1.165) is 25.8 Å². The molecular formula is C16H23NO3. The van der Waals surface area contributed by atoms with Gasteiger partial charge >= 0.3 is 0 Å². The smallest absolute Gasteiger partial charge is 0.170 e. The Morgan fingerprint density at radius 1 is 1.25 bits per heavy atom. The molecule has 0 amide bonds. The molecule has 20 heavy (non-hydrogen) atoms. The minimum absolute atomic E-state index is 0.0852. The van der Waals surface area contributed by atoms with Crippen LogP contribution in [0.4, 0.5) is 0 Å². The van der Waals surface area contributed by atoms with Gasteiger partial charge < -0.3 is 14.6 Å². The molecule has 1 saturated carbocycles. The van der Waals surface area contributed by atoms with Gasteiger partial charge in [-0.05, 0) is 19.0 Å². The Morgan fingerprint density at radius 2 is 1.95 bits per heavy atom. The van der Waals surface area contributed by atoms with Gasteiger partial charge in [0.2, 0.25) is 0 Å². The van der Waals surface area contributed by atoms with Gasteiger partial charge in [0.15, 0.2) is 5.79 Å². The molecule has 0 radical (unpaired) electrons. The average molecular weight is 277 g/mol. The van der Waals surface area contributed by atoms with Gasteiger partial charge in [0.1, 0.15) is 0 Å². The van der Waals surface area contributed by atoms with Crippen molar-refractivity contribution in [2.45, 2.75) is 43.7 Å². The van der Waals surface area contributed by atoms with Crippen LogP contribution in [0.5, 0.6) is 0 Å². The molecule has 1 heterocycles. The summed E-state index contributed by atoms with van der Waals surface area (Å²) in [6.07, 6.45) is 1.98. The van der Waals surface area contributed by atoms with E-state index >= 15 is 0 Å². The topological polar surface area (TPSA) is 41.9 Å². The van der Waals surface area contributed by atoms with Gasteiger partial charge in [-0.25, -0.2) is 0 Å². The van der Waals surface area contributed by atoms with Gasteiger partial charge in [-0.1, -0.05) is 30.3 Å². The Bertz CT molecular complexity index is 431. The number of ether oxygens (including phenoxy) is 2. The van der Waals surface area contributed by atoms with Gasteiger partial charge in [-0.3, -0.25) is 4.90 Å². The molecule has 4 nitrogen and oxygen atoms in total. The molecule has 1 aliphatic heterocycles. The number of hydrogen-bond acceptors (Lipinski definition) is 4. The maximum Gasteiger partial charge on any atom is 0.170 e. The van der Waals surface area contributed by atoms with Gasteiger partial charge in [-0.2, -0.15) is 0 Å². The van der Waals surface area contributed by atoms with Crippen LogP contribution in [0.3, 0.4) is 0 Å². The van der Waals surface area contributed by atoms with Crippen molar-refractivity contribution >= 4 is 0 Å². The van der Waals surface area contributed by atoms with Gasteiger partial charge in [0.25, 0.3) is 0 Å². The molecule has 1 aromatic carbocycles. The number of likely N-dealkylation sites (N-methyl/N-ethyl adjacent to an activating group) is 1. The molecule has 4 heteroatoms. The van der Waals surface area contributed by atoms with Crippen LogP contribution in [0.15, 0.2) is 30.3 Å². The van der Waals surface area contributed by atoms with E-state index in [9.17, 15) is 5.11 Å². The van der Waals surface area contributed by atoms with Crippen LogP contribution in [0.1, 0.15) is 24.8 Å². The normalized spacial score (nSPS) is 29.1. The Labute approximate surface area is 120 Å². The van der Waals surface area contributed by atoms with Crippen molar-refractivity contribution in [2.24, 2.45) is 0 Å². The third-order valence-corrected chi connectivity index (χ3v) is 4.44. The van der Waals surface area contributed by atoms with E-state index < -0.39 is 5.79 Å². The van der Waals surface area contributed by atoms with E-state index in [1.165, 1.54) is 5.56 Å². The van der Waals surface area contributed by atoms with Crippen molar-refractivity contribution in [2.75, 3.05) is 20.3 Å². The highest BCUT2D eigenvalue weighted by Crippen LogP contribution is 2.37. The standard InChI is InChI=1S/C16H23NO3/c1-17(12-13-5-3-2-4-6-13)14-11-16(8-7-15(14)18)19-9-10-20-16/h2-6,14-15,18H,7-12H2,1H3/t14-,15-/m0/s1. The van der Waals surface area contributed by atoms with Crippen LogP contribution >= 0.6 is 0 Å². The van der Waals surface area contributed by atoms with Crippen molar-refractivity contribution in [3.8, 4) is 0 Å². The summed E-state index contributed by atoms with van der Waals surface area (Å²) in [4.78, 5) is 2.21. The number of aliphatic hydroxyl groups excluding tert-OH is 1. The number of hydrogen-bond donors (Lipinski definition) is 1. The molecule has 1 N–H and O–H groups in total. The van der Waals surface area contributed by atoms with E-state index in [2.05, 4.69) is 24.1 Å². The Kier molecular flexibility index (Phi) is 4.08. The first kappa shape index (κ1) is 14.0. The van der Waals surface area contributed by atoms with Crippen LogP contribution in [0, 0.1) is 0 Å². The van der Waals surface area contributed by atoms with Crippen molar-refractivity contribution < 1.29 is 14.6 Å². The molecule has 110 valence electrons. The lowest BCUT2D eigenvalue weighted by Crippen LogP contribution is -2.52. The zero-order valence-corrected chi connectivity index (χ0v) is 12.0. The number of nitrogens with zero attached hydrogens (tertiary/aromatic N) is 1. The number of benzene rings is 1. The van der Waals surface area contributed by atoms with Crippen LogP contribution in [0.25, 0.3) is 0 Å². The molecule has 2 atom stereocenters. The van der Waals surface area contributed by atoms with Gasteiger partial charge in [0, 0.05) is 25.4 Å². The molecular weight excluding hydrogens is 254 g/mol. The molecule has 1 aromatic rings. The molecule has 1 spiro atoms. The predicted molar refractivity (Wildman–Crippen MR) is 76.2 cm³/mol. The predicted octanol–water partition coefficient (Wildman–Crippen LogP) is 1.77. The summed E-state index contributed by atoms with van der Waals surface area (Å²) in [7, 11) is 2.06. The molecule has 0 unspecified atom stereocenters. The molecule has 3 rings (SSSR count). The Balaban J connectivity index is 1.67. The third kappa shape index (κ3) is 2.88. The Morgan fingerprint density at radius 3 is 2.65 bits per heavy atom. The summed E-state index contributed by atoms with van der Waals surface area (Å²) in [5.74, 6) is -0.450. The van der Waals surface area contributed by atoms with Crippen molar-refractivity contribution in [1.29, 1.82) is 0 Å². The first-order valence-electron chi connectivity index (χ1n) is 7.39. The summed E-state index contributed by atoms with van der Waals surface area (Å²) in [5, 5.41) is 10.3. The zero-order valence-electron chi connectivity index (χ0n) is 12.0. The monoisotopic (exact) mass is 277 g/mol. The maximum absolute atomic E-state index is 10.3. The molecule has 2 aliphatic rings. The van der Waals surface area contributed by atoms with E-state index in [1.807, 2.05) is 18.2 Å². The van der Waals surface area contributed by atoms with Crippen molar-refractivity contribution in [3.63, 3.8) is 0 Å². The fourth-order valence-electron chi connectivity index (χ4n) is 3.31. The van der Waals surface area contributed by atoms with Gasteiger partial charge in [-0.15, -0.1) is 0 Å². The first-order chi connectivity index (χ1) is 9.69. The van der Waals surface area contributed by atoms with E-state index in [1.54, 1.807) is 0 Å². The van der Waals surface area contributed by atoms with Crippen LogP contribution in [-0.4, -0.2) is 48.2 Å². The molecule has 0 bridgehead atoms. The second-order valence-corrected chi connectivity index (χ2v) is 5.89. The van der Waals surface area contributed by atoms with Crippen LogP contribution < -0.4 is 0 Å². The summed E-state index contributed by atoms with van der Waals surface area (Å²) in [6, 6.07) is 10.4.